The second kappa shape index (κ2) is 2.91. The molecule has 0 atom stereocenters. The van der Waals surface area contributed by atoms with Crippen molar-refractivity contribution in [3.63, 3.8) is 0 Å². The number of para-hydroxylation sites is 2. The first kappa shape index (κ1) is 6.67. The van der Waals surface area contributed by atoms with Gasteiger partial charge in [-0.3, -0.25) is 0 Å². The van der Waals surface area contributed by atoms with Crippen LogP contribution < -0.4 is 3.07 Å². The Hall–Kier alpha value is -0.450. The summed E-state index contributed by atoms with van der Waals surface area (Å²) in [6.45, 7) is 0. The zero-order valence-electron chi connectivity index (χ0n) is 4.54. The Morgan fingerprint density at radius 2 is 2.00 bits per heavy atom. The van der Waals surface area contributed by atoms with Gasteiger partial charge in [0.15, 0.2) is 34.5 Å². The number of aromatic hydroxyl groups is 1. The number of phenols is 1. The predicted octanol–water partition coefficient (Wildman–Crippen LogP) is 2.12. The molecule has 0 bridgehead atoms. The van der Waals surface area contributed by atoms with Crippen LogP contribution in [0, 0.1) is 0 Å². The molecule has 1 aromatic rings. The van der Waals surface area contributed by atoms with E-state index < -0.39 is 0 Å². The Morgan fingerprint density at radius 1 is 1.33 bits per heavy atom. The van der Waals surface area contributed by atoms with Gasteiger partial charge in [0.05, 0.1) is 0 Å². The number of benzene rings is 1. The fourth-order valence-corrected chi connectivity index (χ4v) is 0.895. The van der Waals surface area contributed by atoms with Gasteiger partial charge in [-0.2, -0.15) is 0 Å². The first-order valence-corrected chi connectivity index (χ1v) is 3.29. The zero-order valence-corrected chi connectivity index (χ0v) is 6.70. The number of phenolic OH excluding ortho intramolecular Hbond substituents is 1. The molecule has 48 valence electrons. The van der Waals surface area contributed by atoms with E-state index in [1.54, 1.807) is 47.3 Å². The number of hydrogen-bond donors (Lipinski definition) is 1. The van der Waals surface area contributed by atoms with E-state index in [0.29, 0.717) is 5.75 Å². The Balaban J connectivity index is 3.01. The van der Waals surface area contributed by atoms with Crippen molar-refractivity contribution in [2.75, 3.05) is 0 Å². The van der Waals surface area contributed by atoms with Gasteiger partial charge < -0.3 is 8.17 Å². The lowest BCUT2D eigenvalue weighted by Gasteiger charge is -1.96. The van der Waals surface area contributed by atoms with Crippen LogP contribution in [0.1, 0.15) is 0 Å². The van der Waals surface area contributed by atoms with E-state index in [9.17, 15) is 0 Å². The molecule has 0 unspecified atom stereocenters. The average molecular weight is 236 g/mol. The van der Waals surface area contributed by atoms with Crippen LogP contribution in [0.4, 0.5) is 0 Å². The number of halogens is 1. The summed E-state index contributed by atoms with van der Waals surface area (Å²) in [7, 11) is 0. The fraction of sp³-hybridized carbons (Fsp3) is 0. The van der Waals surface area contributed by atoms with E-state index in [1.165, 1.54) is 0 Å². The van der Waals surface area contributed by atoms with Crippen LogP contribution in [-0.2, 0) is 0 Å². The molecule has 3 heteroatoms. The lowest BCUT2D eigenvalue weighted by Crippen LogP contribution is -1.72. The Morgan fingerprint density at radius 3 is 2.44 bits per heavy atom. The van der Waals surface area contributed by atoms with Crippen molar-refractivity contribution >= 4 is 23.0 Å². The number of hydrogen-bond acceptors (Lipinski definition) is 2. The third-order valence-electron chi connectivity index (χ3n) is 0.948. The largest absolute Gasteiger partial charge is 0.504 e. The Labute approximate surface area is 67.2 Å². The highest BCUT2D eigenvalue weighted by atomic mass is 127. The van der Waals surface area contributed by atoms with E-state index in [1.807, 2.05) is 0 Å². The van der Waals surface area contributed by atoms with Crippen molar-refractivity contribution in [3.8, 4) is 11.5 Å². The molecule has 0 amide bonds. The average Bonchev–Trinajstić information content (AvgIpc) is 1.89. The smallest absolute Gasteiger partial charge is 0.192 e. The van der Waals surface area contributed by atoms with Gasteiger partial charge >= 0.3 is 0 Å². The monoisotopic (exact) mass is 236 g/mol. The summed E-state index contributed by atoms with van der Waals surface area (Å²) in [6.07, 6.45) is 0. The van der Waals surface area contributed by atoms with Crippen LogP contribution in [0.25, 0.3) is 0 Å². The summed E-state index contributed by atoms with van der Waals surface area (Å²) < 4.78 is 4.76. The van der Waals surface area contributed by atoms with Crippen molar-refractivity contribution in [1.29, 1.82) is 0 Å². The first-order valence-electron chi connectivity index (χ1n) is 2.41. The Kier molecular flexibility index (Phi) is 2.16. The third-order valence-corrected chi connectivity index (χ3v) is 1.42. The number of rotatable bonds is 1. The molecule has 1 aromatic carbocycles. The van der Waals surface area contributed by atoms with Crippen LogP contribution in [0.3, 0.4) is 0 Å². The molecule has 0 aliphatic carbocycles. The van der Waals surface area contributed by atoms with E-state index in [4.69, 9.17) is 8.17 Å². The minimum atomic E-state index is 0.173. The highest BCUT2D eigenvalue weighted by Crippen LogP contribution is 2.25. The summed E-state index contributed by atoms with van der Waals surface area (Å²) in [5.41, 5.74) is 0. The molecule has 0 aliphatic rings. The maximum Gasteiger partial charge on any atom is 0.192 e. The predicted molar refractivity (Wildman–Crippen MR) is 42.8 cm³/mol. The normalized spacial score (nSPS) is 9.00. The SMILES string of the molecule is Oc1ccccc1OI. The second-order valence-corrected chi connectivity index (χ2v) is 1.99. The summed E-state index contributed by atoms with van der Waals surface area (Å²) >= 11 is 1.72. The van der Waals surface area contributed by atoms with E-state index in [-0.39, 0.29) is 5.75 Å². The fourth-order valence-electron chi connectivity index (χ4n) is 0.522. The van der Waals surface area contributed by atoms with Crippen LogP contribution in [-0.4, -0.2) is 5.11 Å². The van der Waals surface area contributed by atoms with Gasteiger partial charge in [0, 0.05) is 0 Å². The van der Waals surface area contributed by atoms with Gasteiger partial charge in [-0.05, 0) is 12.1 Å². The maximum absolute atomic E-state index is 8.98. The molecule has 0 saturated heterocycles. The van der Waals surface area contributed by atoms with E-state index in [0.717, 1.165) is 0 Å². The van der Waals surface area contributed by atoms with E-state index >= 15 is 0 Å². The van der Waals surface area contributed by atoms with Crippen LogP contribution in [0.5, 0.6) is 11.5 Å². The lowest BCUT2D eigenvalue weighted by atomic mass is 10.3. The molecule has 0 heterocycles. The quantitative estimate of drug-likeness (QED) is 0.756. The van der Waals surface area contributed by atoms with Crippen molar-refractivity contribution in [1.82, 2.24) is 0 Å². The van der Waals surface area contributed by atoms with Gasteiger partial charge in [0.1, 0.15) is 0 Å². The standard InChI is InChI=1S/C6H5IO2/c7-9-6-4-2-1-3-5(6)8/h1-4,8H. The highest BCUT2D eigenvalue weighted by Gasteiger charge is 1.95. The van der Waals surface area contributed by atoms with Crippen molar-refractivity contribution < 1.29 is 8.17 Å². The molecule has 1 N–H and O–H groups in total. The summed E-state index contributed by atoms with van der Waals surface area (Å²) in [4.78, 5) is 0. The molecule has 0 spiro atoms. The van der Waals surface area contributed by atoms with Gasteiger partial charge in [-0.15, -0.1) is 0 Å². The molecule has 9 heavy (non-hydrogen) atoms. The molecule has 0 aromatic heterocycles. The summed E-state index contributed by atoms with van der Waals surface area (Å²) in [5, 5.41) is 8.98. The molecule has 0 saturated carbocycles. The van der Waals surface area contributed by atoms with Crippen molar-refractivity contribution in [2.24, 2.45) is 0 Å². The van der Waals surface area contributed by atoms with E-state index in [2.05, 4.69) is 0 Å². The second-order valence-electron chi connectivity index (χ2n) is 1.54. The van der Waals surface area contributed by atoms with Gasteiger partial charge in [-0.1, -0.05) is 12.1 Å². The van der Waals surface area contributed by atoms with Crippen molar-refractivity contribution in [2.45, 2.75) is 0 Å². The van der Waals surface area contributed by atoms with Gasteiger partial charge in [-0.25, -0.2) is 0 Å². The molecule has 0 radical (unpaired) electrons. The molecule has 1 rings (SSSR count). The van der Waals surface area contributed by atoms with Gasteiger partial charge in [0.2, 0.25) is 0 Å². The minimum Gasteiger partial charge on any atom is -0.504 e. The zero-order chi connectivity index (χ0) is 6.69. The molecular formula is C6H5IO2. The minimum absolute atomic E-state index is 0.173. The highest BCUT2D eigenvalue weighted by molar-refractivity contribution is 14.1. The summed E-state index contributed by atoms with van der Waals surface area (Å²) in [6, 6.07) is 6.82. The van der Waals surface area contributed by atoms with Crippen LogP contribution in [0.15, 0.2) is 24.3 Å². The summed E-state index contributed by atoms with van der Waals surface area (Å²) in [5.74, 6) is 0.671. The van der Waals surface area contributed by atoms with Crippen molar-refractivity contribution in [3.05, 3.63) is 24.3 Å². The van der Waals surface area contributed by atoms with Crippen LogP contribution in [0.2, 0.25) is 0 Å². The molecule has 2 nitrogen and oxygen atoms in total. The lowest BCUT2D eigenvalue weighted by molar-refractivity contribution is 0.457. The van der Waals surface area contributed by atoms with Crippen LogP contribution >= 0.6 is 23.0 Å². The Bertz CT molecular complexity index is 200. The molecule has 0 aliphatic heterocycles. The molecule has 0 fully saturated rings. The molecular weight excluding hydrogens is 231 g/mol. The maximum atomic E-state index is 8.98. The topological polar surface area (TPSA) is 29.5 Å². The first-order chi connectivity index (χ1) is 4.34. The van der Waals surface area contributed by atoms with Gasteiger partial charge in [0.25, 0.3) is 0 Å². The third kappa shape index (κ3) is 1.48.